The standard InChI is InChI=1S/2C32H38N4O3/c2*1-5-28(38)36-19-32(20-36)13-15-35(18-32)31-21(3)30(25-9-7-8-22-16-23(37)10-11-24(22)25)26-12-14-34(17-27(26)33-31)29(6-2)39-4/h2*5,7-11,16,29,37H,1,6,12-15,17-20H2,2-4H3. The molecule has 2 atom stereocenters. The first-order valence-electron chi connectivity index (χ1n) is 28.1. The van der Waals surface area contributed by atoms with Crippen LogP contribution in [0.2, 0.25) is 0 Å². The third-order valence-corrected chi connectivity index (χ3v) is 18.1. The van der Waals surface area contributed by atoms with Gasteiger partial charge < -0.3 is 39.3 Å². The number of carbonyl (C=O) groups is 2. The molecule has 2 N–H and O–H groups in total. The Morgan fingerprint density at radius 1 is 0.615 bits per heavy atom. The van der Waals surface area contributed by atoms with Crippen molar-refractivity contribution in [2.45, 2.75) is 91.8 Å². The van der Waals surface area contributed by atoms with Crippen molar-refractivity contribution in [2.24, 2.45) is 10.8 Å². The molecule has 0 bridgehead atoms. The van der Waals surface area contributed by atoms with Gasteiger partial charge in [-0.3, -0.25) is 19.4 Å². The van der Waals surface area contributed by atoms with Gasteiger partial charge in [-0.15, -0.1) is 0 Å². The fraction of sp³-hybridized carbons (Fsp3) is 0.438. The molecule has 2 amide bonds. The molecule has 12 rings (SSSR count). The first kappa shape index (κ1) is 53.2. The van der Waals surface area contributed by atoms with Crippen molar-refractivity contribution in [2.75, 3.05) is 89.5 Å². The zero-order valence-corrected chi connectivity index (χ0v) is 46.5. The van der Waals surface area contributed by atoms with E-state index in [9.17, 15) is 19.8 Å². The Bertz CT molecular complexity index is 3100. The summed E-state index contributed by atoms with van der Waals surface area (Å²) >= 11 is 0. The van der Waals surface area contributed by atoms with Gasteiger partial charge in [-0.1, -0.05) is 75.5 Å². The monoisotopic (exact) mass is 1050 g/mol. The summed E-state index contributed by atoms with van der Waals surface area (Å²) in [6, 6.07) is 24.0. The van der Waals surface area contributed by atoms with Crippen molar-refractivity contribution >= 4 is 45.0 Å². The van der Waals surface area contributed by atoms with Gasteiger partial charge in [0.05, 0.1) is 11.4 Å². The van der Waals surface area contributed by atoms with Gasteiger partial charge in [0.25, 0.3) is 0 Å². The number of aromatic hydroxyl groups is 2. The van der Waals surface area contributed by atoms with Crippen molar-refractivity contribution in [3.8, 4) is 33.8 Å². The van der Waals surface area contributed by atoms with E-state index < -0.39 is 0 Å². The van der Waals surface area contributed by atoms with Gasteiger partial charge in [0, 0.05) is 104 Å². The van der Waals surface area contributed by atoms with Crippen LogP contribution in [-0.4, -0.2) is 144 Å². The number of rotatable bonds is 12. The normalized spacial score (nSPS) is 19.3. The van der Waals surface area contributed by atoms with E-state index in [1.165, 1.54) is 56.7 Å². The van der Waals surface area contributed by atoms with Crippen LogP contribution in [0, 0.1) is 24.7 Å². The number of likely N-dealkylation sites (tertiary alicyclic amines) is 2. The van der Waals surface area contributed by atoms with Crippen LogP contribution < -0.4 is 9.80 Å². The zero-order valence-electron chi connectivity index (χ0n) is 46.5. The van der Waals surface area contributed by atoms with Crippen molar-refractivity contribution in [1.29, 1.82) is 0 Å². The number of amides is 2. The van der Waals surface area contributed by atoms with Crippen LogP contribution in [-0.2, 0) is 45.0 Å². The molecule has 4 fully saturated rings. The first-order valence-corrected chi connectivity index (χ1v) is 28.1. The van der Waals surface area contributed by atoms with E-state index in [0.29, 0.717) is 0 Å². The second kappa shape index (κ2) is 21.4. The summed E-state index contributed by atoms with van der Waals surface area (Å²) in [6.45, 7) is 26.3. The molecule has 14 heteroatoms. The molecule has 0 radical (unpaired) electrons. The number of pyridine rings is 2. The molecule has 0 aliphatic carbocycles. The molecule has 408 valence electrons. The van der Waals surface area contributed by atoms with Crippen LogP contribution in [0.5, 0.6) is 11.5 Å². The van der Waals surface area contributed by atoms with Gasteiger partial charge in [-0.25, -0.2) is 9.97 Å². The Morgan fingerprint density at radius 3 is 1.40 bits per heavy atom. The highest BCUT2D eigenvalue weighted by molar-refractivity contribution is 6.01. The number of anilines is 2. The SMILES string of the molecule is C=CC(=O)N1CC2(CCN(c3nc4c(c(-c5cccc6cc(O)ccc56)c3C)CCN(C(CC)OC)C4)C2)C1.C=CC(=O)N1CC2(CCN(c3nc4c(c(-c5cccc6cc(O)ccc56)c3C)CCN(C(CC)OC)C4)C2)C1. The summed E-state index contributed by atoms with van der Waals surface area (Å²) in [4.78, 5) is 48.4. The molecule has 4 aromatic carbocycles. The number of benzene rings is 4. The highest BCUT2D eigenvalue weighted by Gasteiger charge is 2.51. The van der Waals surface area contributed by atoms with Crippen LogP contribution in [0.15, 0.2) is 98.1 Å². The Kier molecular flexibility index (Phi) is 14.6. The first-order chi connectivity index (χ1) is 37.7. The Morgan fingerprint density at radius 2 is 1.03 bits per heavy atom. The van der Waals surface area contributed by atoms with Gasteiger partial charge in [-0.2, -0.15) is 0 Å². The number of phenols is 2. The molecule has 14 nitrogen and oxygen atoms in total. The van der Waals surface area contributed by atoms with Gasteiger partial charge in [-0.05, 0) is 155 Å². The van der Waals surface area contributed by atoms with Gasteiger partial charge in [0.2, 0.25) is 11.8 Å². The molecule has 4 saturated heterocycles. The average molecular weight is 1050 g/mol. The number of nitrogens with zero attached hydrogens (tertiary/aromatic N) is 8. The smallest absolute Gasteiger partial charge is 0.245 e. The number of hydrogen-bond donors (Lipinski definition) is 2. The maximum absolute atomic E-state index is 12.1. The van der Waals surface area contributed by atoms with Crippen molar-refractivity contribution in [3.63, 3.8) is 0 Å². The molecule has 78 heavy (non-hydrogen) atoms. The minimum Gasteiger partial charge on any atom is -0.508 e. The van der Waals surface area contributed by atoms with Crippen LogP contribution in [0.4, 0.5) is 11.6 Å². The van der Waals surface area contributed by atoms with Crippen LogP contribution in [0.3, 0.4) is 0 Å². The summed E-state index contributed by atoms with van der Waals surface area (Å²) in [5.74, 6) is 2.71. The van der Waals surface area contributed by atoms with E-state index >= 15 is 0 Å². The summed E-state index contributed by atoms with van der Waals surface area (Å²) < 4.78 is 11.6. The molecule has 6 aliphatic heterocycles. The van der Waals surface area contributed by atoms with Gasteiger partial charge >= 0.3 is 0 Å². The predicted octanol–water partition coefficient (Wildman–Crippen LogP) is 9.76. The lowest BCUT2D eigenvalue weighted by atomic mass is 9.79. The number of ether oxygens (including phenoxy) is 2. The molecule has 6 aliphatic rings. The van der Waals surface area contributed by atoms with E-state index in [2.05, 4.69) is 96.9 Å². The molecular weight excluding hydrogens is 977 g/mol. The number of carbonyl (C=O) groups excluding carboxylic acids is 2. The number of hydrogen-bond acceptors (Lipinski definition) is 12. The average Bonchev–Trinajstić information content (AvgIpc) is 4.22. The molecular formula is C64H76N8O6. The van der Waals surface area contributed by atoms with E-state index in [1.54, 1.807) is 26.4 Å². The molecule has 6 aromatic rings. The maximum atomic E-state index is 12.1. The molecule has 0 saturated carbocycles. The minimum atomic E-state index is 0.0233. The fourth-order valence-corrected chi connectivity index (χ4v) is 14.2. The quantitative estimate of drug-likeness (QED) is 0.113. The second-order valence-electron chi connectivity index (χ2n) is 22.9. The Balaban J connectivity index is 0.000000165. The zero-order chi connectivity index (χ0) is 54.6. The summed E-state index contributed by atoms with van der Waals surface area (Å²) in [5.41, 5.74) is 12.5. The largest absolute Gasteiger partial charge is 0.508 e. The molecule has 2 unspecified atom stereocenters. The van der Waals surface area contributed by atoms with Crippen LogP contribution in [0.1, 0.15) is 73.2 Å². The number of fused-ring (bicyclic) bond motifs is 4. The van der Waals surface area contributed by atoms with E-state index in [1.807, 2.05) is 34.1 Å². The Hall–Kier alpha value is -6.84. The van der Waals surface area contributed by atoms with E-state index in [4.69, 9.17) is 19.4 Å². The topological polar surface area (TPSA) is 138 Å². The summed E-state index contributed by atoms with van der Waals surface area (Å²) in [5, 5.41) is 24.6. The minimum absolute atomic E-state index is 0.0233. The number of phenolic OH excluding ortho intramolecular Hbond substituents is 2. The molecule has 8 heterocycles. The fourth-order valence-electron chi connectivity index (χ4n) is 14.2. The predicted molar refractivity (Wildman–Crippen MR) is 310 cm³/mol. The lowest BCUT2D eigenvalue weighted by Crippen LogP contribution is -2.59. The van der Waals surface area contributed by atoms with Gasteiger partial charge in [0.1, 0.15) is 35.6 Å². The Labute approximate surface area is 459 Å². The number of aromatic nitrogens is 2. The third-order valence-electron chi connectivity index (χ3n) is 18.1. The van der Waals surface area contributed by atoms with Crippen LogP contribution in [0.25, 0.3) is 43.8 Å². The van der Waals surface area contributed by atoms with Gasteiger partial charge in [0.15, 0.2) is 0 Å². The third kappa shape index (κ3) is 9.58. The van der Waals surface area contributed by atoms with E-state index in [-0.39, 0.29) is 46.6 Å². The summed E-state index contributed by atoms with van der Waals surface area (Å²) in [6.07, 6.45) is 8.79. The summed E-state index contributed by atoms with van der Waals surface area (Å²) in [7, 11) is 3.58. The lowest BCUT2D eigenvalue weighted by molar-refractivity contribution is -0.137. The number of methoxy groups -OCH3 is 2. The highest BCUT2D eigenvalue weighted by atomic mass is 16.5. The lowest BCUT2D eigenvalue weighted by Gasteiger charge is -2.47. The van der Waals surface area contributed by atoms with Crippen molar-refractivity contribution in [3.05, 3.63) is 132 Å². The second-order valence-corrected chi connectivity index (χ2v) is 22.9. The molecule has 2 aromatic heterocycles. The van der Waals surface area contributed by atoms with Crippen molar-refractivity contribution < 1.29 is 29.3 Å². The maximum Gasteiger partial charge on any atom is 0.245 e. The van der Waals surface area contributed by atoms with E-state index in [0.717, 1.165) is 162 Å². The highest BCUT2D eigenvalue weighted by Crippen LogP contribution is 2.48. The molecule has 2 spiro atoms. The van der Waals surface area contributed by atoms with Crippen molar-refractivity contribution in [1.82, 2.24) is 29.6 Å². The van der Waals surface area contributed by atoms with Crippen LogP contribution >= 0.6 is 0 Å².